The van der Waals surface area contributed by atoms with Crippen molar-refractivity contribution in [3.8, 4) is 0 Å². The van der Waals surface area contributed by atoms with Crippen LogP contribution in [-0.4, -0.2) is 0 Å². The Hall–Kier alpha value is -1.62. The maximum absolute atomic E-state index is 13.5. The van der Waals surface area contributed by atoms with E-state index < -0.39 is 17.5 Å². The fraction of sp³-hybridized carbons (Fsp3) is 0.0769. The molecule has 0 aromatic heterocycles. The molecular weight excluding hydrogens is 259 g/mol. The second kappa shape index (κ2) is 5.35. The van der Waals surface area contributed by atoms with E-state index in [2.05, 4.69) is 0 Å². The number of hydrogen-bond acceptors (Lipinski definition) is 2. The second-order valence-corrected chi connectivity index (χ2v) is 4.74. The summed E-state index contributed by atoms with van der Waals surface area (Å²) >= 11 is 1.20. The predicted octanol–water partition coefficient (Wildman–Crippen LogP) is 3.98. The fourth-order valence-electron chi connectivity index (χ4n) is 1.42. The predicted molar refractivity (Wildman–Crippen MR) is 66.7 cm³/mol. The Balaban J connectivity index is 2.09. The van der Waals surface area contributed by atoms with Crippen molar-refractivity contribution in [2.75, 3.05) is 5.73 Å². The Bertz CT molecular complexity index is 572. The number of anilines is 1. The van der Waals surface area contributed by atoms with E-state index in [1.54, 1.807) is 12.1 Å². The number of nitrogens with two attached hydrogens (primary N) is 1. The van der Waals surface area contributed by atoms with Gasteiger partial charge in [0.25, 0.3) is 0 Å². The molecule has 0 saturated heterocycles. The molecule has 1 nitrogen and oxygen atoms in total. The average Bonchev–Trinajstić information content (AvgIpc) is 2.32. The smallest absolute Gasteiger partial charge is 0.159 e. The van der Waals surface area contributed by atoms with Gasteiger partial charge in [0.15, 0.2) is 11.6 Å². The molecule has 0 bridgehead atoms. The van der Waals surface area contributed by atoms with Crippen LogP contribution in [-0.2, 0) is 5.75 Å². The topological polar surface area (TPSA) is 26.0 Å². The molecule has 0 radical (unpaired) electrons. The van der Waals surface area contributed by atoms with Gasteiger partial charge in [-0.05, 0) is 35.9 Å². The maximum atomic E-state index is 13.5. The van der Waals surface area contributed by atoms with E-state index in [0.29, 0.717) is 21.9 Å². The van der Waals surface area contributed by atoms with Gasteiger partial charge >= 0.3 is 0 Å². The monoisotopic (exact) mass is 269 g/mol. The molecular formula is C13H10F3NS. The maximum Gasteiger partial charge on any atom is 0.159 e. The van der Waals surface area contributed by atoms with Crippen molar-refractivity contribution < 1.29 is 13.2 Å². The number of nitrogen functional groups attached to an aromatic ring is 1. The second-order valence-electron chi connectivity index (χ2n) is 3.73. The number of hydrogen-bond donors (Lipinski definition) is 1. The lowest BCUT2D eigenvalue weighted by molar-refractivity contribution is 0.507. The fourth-order valence-corrected chi connectivity index (χ4v) is 2.29. The highest BCUT2D eigenvalue weighted by atomic mass is 32.2. The Morgan fingerprint density at radius 2 is 1.67 bits per heavy atom. The minimum atomic E-state index is -0.897. The van der Waals surface area contributed by atoms with Gasteiger partial charge in [-0.1, -0.05) is 6.07 Å². The lowest BCUT2D eigenvalue weighted by atomic mass is 10.2. The zero-order chi connectivity index (χ0) is 13.1. The summed E-state index contributed by atoms with van der Waals surface area (Å²) in [7, 11) is 0. The normalized spacial score (nSPS) is 10.6. The highest BCUT2D eigenvalue weighted by Gasteiger charge is 2.06. The Labute approximate surface area is 107 Å². The van der Waals surface area contributed by atoms with E-state index in [-0.39, 0.29) is 0 Å². The molecule has 0 aliphatic carbocycles. The first-order valence-electron chi connectivity index (χ1n) is 5.18. The minimum absolute atomic E-state index is 0.352. The van der Waals surface area contributed by atoms with Crippen molar-refractivity contribution in [2.45, 2.75) is 10.6 Å². The lowest BCUT2D eigenvalue weighted by Gasteiger charge is -2.04. The van der Waals surface area contributed by atoms with Crippen LogP contribution in [0.25, 0.3) is 0 Å². The van der Waals surface area contributed by atoms with Gasteiger partial charge in [-0.2, -0.15) is 0 Å². The summed E-state index contributed by atoms with van der Waals surface area (Å²) in [6, 6.07) is 8.03. The molecule has 0 saturated carbocycles. The highest BCUT2D eigenvalue weighted by Crippen LogP contribution is 2.27. The lowest BCUT2D eigenvalue weighted by Crippen LogP contribution is -1.90. The molecule has 0 amide bonds. The zero-order valence-corrected chi connectivity index (χ0v) is 10.1. The largest absolute Gasteiger partial charge is 0.399 e. The number of rotatable bonds is 3. The molecule has 18 heavy (non-hydrogen) atoms. The summed E-state index contributed by atoms with van der Waals surface area (Å²) in [6.45, 7) is 0. The van der Waals surface area contributed by atoms with Crippen molar-refractivity contribution in [2.24, 2.45) is 0 Å². The van der Waals surface area contributed by atoms with E-state index in [1.165, 1.54) is 23.9 Å². The summed E-state index contributed by atoms with van der Waals surface area (Å²) in [4.78, 5) is 0.425. The van der Waals surface area contributed by atoms with E-state index in [0.717, 1.165) is 12.1 Å². The highest BCUT2D eigenvalue weighted by molar-refractivity contribution is 7.98. The van der Waals surface area contributed by atoms with Gasteiger partial charge in [-0.3, -0.25) is 0 Å². The average molecular weight is 269 g/mol. The van der Waals surface area contributed by atoms with Crippen LogP contribution in [0.3, 0.4) is 0 Å². The van der Waals surface area contributed by atoms with Gasteiger partial charge < -0.3 is 5.73 Å². The number of thioether (sulfide) groups is 1. The standard InChI is InChI=1S/C13H10F3NS/c14-10-3-1-8(5-11(10)15)7-18-13-4-2-9(17)6-12(13)16/h1-6H,7,17H2. The third-order valence-electron chi connectivity index (χ3n) is 2.33. The Morgan fingerprint density at radius 3 is 2.33 bits per heavy atom. The molecule has 94 valence electrons. The Kier molecular flexibility index (Phi) is 3.81. The first-order chi connectivity index (χ1) is 8.56. The quantitative estimate of drug-likeness (QED) is 0.673. The van der Waals surface area contributed by atoms with Gasteiger partial charge in [0.1, 0.15) is 5.82 Å². The van der Waals surface area contributed by atoms with Crippen LogP contribution in [0.4, 0.5) is 18.9 Å². The summed E-state index contributed by atoms with van der Waals surface area (Å²) in [5.74, 6) is -1.84. The molecule has 2 aromatic carbocycles. The Morgan fingerprint density at radius 1 is 0.889 bits per heavy atom. The third kappa shape index (κ3) is 2.98. The summed E-state index contributed by atoms with van der Waals surface area (Å²) in [5.41, 5.74) is 6.38. The van der Waals surface area contributed by atoms with Crippen molar-refractivity contribution in [3.63, 3.8) is 0 Å². The molecule has 2 N–H and O–H groups in total. The number of benzene rings is 2. The van der Waals surface area contributed by atoms with Gasteiger partial charge in [0.2, 0.25) is 0 Å². The first-order valence-corrected chi connectivity index (χ1v) is 6.16. The van der Waals surface area contributed by atoms with E-state index in [4.69, 9.17) is 5.73 Å². The molecule has 2 aromatic rings. The van der Waals surface area contributed by atoms with Crippen molar-refractivity contribution in [1.82, 2.24) is 0 Å². The van der Waals surface area contributed by atoms with Crippen LogP contribution in [0.1, 0.15) is 5.56 Å². The molecule has 0 unspecified atom stereocenters. The molecule has 0 aliphatic rings. The summed E-state index contributed by atoms with van der Waals surface area (Å²) in [5, 5.41) is 0. The molecule has 0 atom stereocenters. The molecule has 0 aliphatic heterocycles. The van der Waals surface area contributed by atoms with Crippen LogP contribution in [0, 0.1) is 17.5 Å². The van der Waals surface area contributed by atoms with Crippen molar-refractivity contribution in [3.05, 3.63) is 59.4 Å². The van der Waals surface area contributed by atoms with Crippen LogP contribution >= 0.6 is 11.8 Å². The van der Waals surface area contributed by atoms with Crippen molar-refractivity contribution >= 4 is 17.4 Å². The van der Waals surface area contributed by atoms with Gasteiger partial charge in [-0.25, -0.2) is 13.2 Å². The molecule has 0 spiro atoms. The molecule has 0 heterocycles. The minimum Gasteiger partial charge on any atom is -0.399 e. The van der Waals surface area contributed by atoms with Gasteiger partial charge in [-0.15, -0.1) is 11.8 Å². The first kappa shape index (κ1) is 12.8. The van der Waals surface area contributed by atoms with Crippen LogP contribution in [0.5, 0.6) is 0 Å². The van der Waals surface area contributed by atoms with Gasteiger partial charge in [0, 0.05) is 16.3 Å². The molecule has 0 fully saturated rings. The SMILES string of the molecule is Nc1ccc(SCc2ccc(F)c(F)c2)c(F)c1. The van der Waals surface area contributed by atoms with E-state index >= 15 is 0 Å². The zero-order valence-electron chi connectivity index (χ0n) is 9.29. The van der Waals surface area contributed by atoms with E-state index in [9.17, 15) is 13.2 Å². The van der Waals surface area contributed by atoms with Crippen LogP contribution in [0.2, 0.25) is 0 Å². The van der Waals surface area contributed by atoms with Crippen LogP contribution < -0.4 is 5.73 Å². The third-order valence-corrected chi connectivity index (χ3v) is 3.45. The van der Waals surface area contributed by atoms with Gasteiger partial charge in [0.05, 0.1) is 0 Å². The van der Waals surface area contributed by atoms with Crippen molar-refractivity contribution in [1.29, 1.82) is 0 Å². The molecule has 2 rings (SSSR count). The molecule has 5 heteroatoms. The number of halogens is 3. The van der Waals surface area contributed by atoms with Crippen LogP contribution in [0.15, 0.2) is 41.3 Å². The summed E-state index contributed by atoms with van der Waals surface area (Å²) in [6.07, 6.45) is 0. The summed E-state index contributed by atoms with van der Waals surface area (Å²) < 4.78 is 39.1. The van der Waals surface area contributed by atoms with E-state index in [1.807, 2.05) is 0 Å².